The Bertz CT molecular complexity index is 330. The number of halogens is 1. The summed E-state index contributed by atoms with van der Waals surface area (Å²) in [5, 5.41) is 0. The second-order valence-corrected chi connectivity index (χ2v) is 5.23. The molecule has 2 nitrogen and oxygen atoms in total. The maximum atomic E-state index is 5.75. The van der Waals surface area contributed by atoms with Gasteiger partial charge in [-0.25, -0.2) is 0 Å². The van der Waals surface area contributed by atoms with E-state index >= 15 is 0 Å². The summed E-state index contributed by atoms with van der Waals surface area (Å²) >= 11 is 4.26. The molecular formula is C15H26BrNOS. The summed E-state index contributed by atoms with van der Waals surface area (Å²) in [6.45, 7) is 12.5. The monoisotopic (exact) mass is 347 g/mol. The van der Waals surface area contributed by atoms with Gasteiger partial charge >= 0.3 is 0 Å². The summed E-state index contributed by atoms with van der Waals surface area (Å²) in [5.41, 5.74) is 0. The van der Waals surface area contributed by atoms with E-state index in [-0.39, 0.29) is 17.0 Å². The molecule has 0 aliphatic rings. The van der Waals surface area contributed by atoms with Gasteiger partial charge in [0.2, 0.25) is 0 Å². The first kappa shape index (κ1) is 18.8. The maximum absolute atomic E-state index is 5.75. The molecule has 0 amide bonds. The molecule has 0 fully saturated rings. The van der Waals surface area contributed by atoms with Crippen LogP contribution in [0.25, 0.3) is 0 Å². The first-order valence-electron chi connectivity index (χ1n) is 6.92. The van der Waals surface area contributed by atoms with E-state index in [1.54, 1.807) is 0 Å². The van der Waals surface area contributed by atoms with Crippen molar-refractivity contribution in [1.82, 2.24) is 0 Å². The van der Waals surface area contributed by atoms with Crippen LogP contribution in [-0.2, 0) is 0 Å². The van der Waals surface area contributed by atoms with Crippen molar-refractivity contribution in [3.63, 3.8) is 0 Å². The van der Waals surface area contributed by atoms with Crippen molar-refractivity contribution < 1.29 is 26.2 Å². The lowest BCUT2D eigenvalue weighted by Crippen LogP contribution is -3.00. The summed E-state index contributed by atoms with van der Waals surface area (Å²) in [6.07, 6.45) is 1.11. The van der Waals surface area contributed by atoms with Gasteiger partial charge in [0.15, 0.2) is 0 Å². The van der Waals surface area contributed by atoms with Crippen LogP contribution in [0.5, 0.6) is 5.75 Å². The predicted molar refractivity (Wildman–Crippen MR) is 80.6 cm³/mol. The Morgan fingerprint density at radius 1 is 1.00 bits per heavy atom. The highest BCUT2D eigenvalue weighted by atomic mass is 79.9. The third kappa shape index (κ3) is 6.19. The molecule has 0 unspecified atom stereocenters. The van der Waals surface area contributed by atoms with Crippen LogP contribution in [0.15, 0.2) is 29.2 Å². The highest BCUT2D eigenvalue weighted by Crippen LogP contribution is 2.15. The number of benzene rings is 1. The Morgan fingerprint density at radius 3 is 2.00 bits per heavy atom. The standard InChI is InChI=1S/C15H25NOS.BrH/c1-4-16(5-2,6-3)12-7-13-17-14-8-10-15(18)11-9-14;/h8-11H,4-7,12-13H2,1-3H3;1H. The van der Waals surface area contributed by atoms with Gasteiger partial charge in [-0.3, -0.25) is 0 Å². The van der Waals surface area contributed by atoms with E-state index in [0.29, 0.717) is 0 Å². The Labute approximate surface area is 133 Å². The lowest BCUT2D eigenvalue weighted by atomic mass is 10.3. The number of nitrogens with zero attached hydrogens (tertiary/aromatic N) is 1. The van der Waals surface area contributed by atoms with Crippen LogP contribution < -0.4 is 21.7 Å². The predicted octanol–water partition coefficient (Wildman–Crippen LogP) is 0.625. The smallest absolute Gasteiger partial charge is 0.119 e. The van der Waals surface area contributed by atoms with E-state index < -0.39 is 0 Å². The van der Waals surface area contributed by atoms with Gasteiger partial charge in [-0.05, 0) is 45.0 Å². The van der Waals surface area contributed by atoms with E-state index in [4.69, 9.17) is 4.74 Å². The average molecular weight is 348 g/mol. The number of ether oxygens (including phenoxy) is 1. The fraction of sp³-hybridized carbons (Fsp3) is 0.600. The molecule has 0 saturated carbocycles. The van der Waals surface area contributed by atoms with Crippen molar-refractivity contribution in [2.24, 2.45) is 0 Å². The lowest BCUT2D eigenvalue weighted by molar-refractivity contribution is -0.923. The molecule has 0 aliphatic heterocycles. The molecule has 0 aliphatic carbocycles. The number of hydrogen-bond acceptors (Lipinski definition) is 2. The Morgan fingerprint density at radius 2 is 1.53 bits per heavy atom. The Hall–Kier alpha value is -0.190. The summed E-state index contributed by atoms with van der Waals surface area (Å²) in [6, 6.07) is 7.87. The molecule has 0 saturated heterocycles. The van der Waals surface area contributed by atoms with Crippen molar-refractivity contribution in [3.05, 3.63) is 24.3 Å². The fourth-order valence-electron chi connectivity index (χ4n) is 2.28. The molecule has 0 radical (unpaired) electrons. The second-order valence-electron chi connectivity index (χ2n) is 4.71. The minimum absolute atomic E-state index is 0. The zero-order chi connectivity index (χ0) is 13.4. The fourth-order valence-corrected chi connectivity index (χ4v) is 2.43. The summed E-state index contributed by atoms with van der Waals surface area (Å²) in [4.78, 5) is 0.973. The van der Waals surface area contributed by atoms with Gasteiger partial charge in [-0.15, -0.1) is 12.6 Å². The van der Waals surface area contributed by atoms with E-state index in [1.807, 2.05) is 24.3 Å². The zero-order valence-electron chi connectivity index (χ0n) is 12.2. The van der Waals surface area contributed by atoms with Crippen LogP contribution in [0.3, 0.4) is 0 Å². The van der Waals surface area contributed by atoms with Crippen molar-refractivity contribution in [2.45, 2.75) is 32.1 Å². The normalized spacial score (nSPS) is 10.9. The SMILES string of the molecule is CC[N+](CC)(CC)CCCOc1ccc(S)cc1.[Br-]. The van der Waals surface area contributed by atoms with Crippen molar-refractivity contribution in [1.29, 1.82) is 0 Å². The molecule has 0 aromatic heterocycles. The molecule has 0 atom stereocenters. The van der Waals surface area contributed by atoms with E-state index in [9.17, 15) is 0 Å². The molecular weight excluding hydrogens is 322 g/mol. The zero-order valence-corrected chi connectivity index (χ0v) is 14.7. The third-order valence-electron chi connectivity index (χ3n) is 3.89. The van der Waals surface area contributed by atoms with Gasteiger partial charge in [0.05, 0.1) is 32.8 Å². The van der Waals surface area contributed by atoms with E-state index in [2.05, 4.69) is 33.4 Å². The van der Waals surface area contributed by atoms with Crippen LogP contribution in [0.1, 0.15) is 27.2 Å². The molecule has 0 spiro atoms. The molecule has 110 valence electrons. The molecule has 0 bridgehead atoms. The second kappa shape index (κ2) is 9.67. The highest BCUT2D eigenvalue weighted by molar-refractivity contribution is 7.80. The van der Waals surface area contributed by atoms with Crippen LogP contribution in [-0.4, -0.2) is 37.3 Å². The van der Waals surface area contributed by atoms with Crippen LogP contribution >= 0.6 is 12.6 Å². The first-order chi connectivity index (χ1) is 8.65. The molecule has 1 aromatic rings. The summed E-state index contributed by atoms with van der Waals surface area (Å²) in [7, 11) is 0. The van der Waals surface area contributed by atoms with Gasteiger partial charge < -0.3 is 26.2 Å². The Balaban J connectivity index is 0.00000324. The average Bonchev–Trinajstić information content (AvgIpc) is 2.42. The van der Waals surface area contributed by atoms with Gasteiger partial charge in [-0.2, -0.15) is 0 Å². The van der Waals surface area contributed by atoms with Crippen molar-refractivity contribution >= 4 is 12.6 Å². The van der Waals surface area contributed by atoms with Crippen molar-refractivity contribution in [3.8, 4) is 5.75 Å². The summed E-state index contributed by atoms with van der Waals surface area (Å²) in [5.74, 6) is 0.940. The van der Waals surface area contributed by atoms with Crippen molar-refractivity contribution in [2.75, 3.05) is 32.8 Å². The van der Waals surface area contributed by atoms with Crippen LogP contribution in [0, 0.1) is 0 Å². The number of hydrogen-bond donors (Lipinski definition) is 1. The van der Waals surface area contributed by atoms with Gasteiger partial charge in [0, 0.05) is 11.3 Å². The quantitative estimate of drug-likeness (QED) is 0.412. The molecule has 19 heavy (non-hydrogen) atoms. The van der Waals surface area contributed by atoms with E-state index in [0.717, 1.165) is 23.7 Å². The molecule has 1 aromatic carbocycles. The number of quaternary nitrogens is 1. The molecule has 0 heterocycles. The van der Waals surface area contributed by atoms with Gasteiger partial charge in [0.1, 0.15) is 5.75 Å². The maximum Gasteiger partial charge on any atom is 0.119 e. The van der Waals surface area contributed by atoms with Crippen LogP contribution in [0.4, 0.5) is 0 Å². The highest BCUT2D eigenvalue weighted by Gasteiger charge is 2.19. The van der Waals surface area contributed by atoms with Gasteiger partial charge in [0.25, 0.3) is 0 Å². The third-order valence-corrected chi connectivity index (χ3v) is 4.19. The lowest BCUT2D eigenvalue weighted by Gasteiger charge is -2.35. The topological polar surface area (TPSA) is 9.23 Å². The minimum Gasteiger partial charge on any atom is -1.00 e. The molecule has 1 rings (SSSR count). The number of thiol groups is 1. The first-order valence-corrected chi connectivity index (χ1v) is 7.37. The Kier molecular flexibility index (Phi) is 9.58. The van der Waals surface area contributed by atoms with Crippen LogP contribution in [0.2, 0.25) is 0 Å². The summed E-state index contributed by atoms with van der Waals surface area (Å²) < 4.78 is 6.94. The van der Waals surface area contributed by atoms with Gasteiger partial charge in [-0.1, -0.05) is 0 Å². The molecule has 0 N–H and O–H groups in total. The molecule has 4 heteroatoms. The largest absolute Gasteiger partial charge is 1.00 e. The number of rotatable bonds is 8. The van der Waals surface area contributed by atoms with E-state index in [1.165, 1.54) is 30.7 Å². The minimum atomic E-state index is 0.